The lowest BCUT2D eigenvalue weighted by Gasteiger charge is -2.61. The van der Waals surface area contributed by atoms with Crippen LogP contribution in [0.5, 0.6) is 0 Å². The van der Waals surface area contributed by atoms with Gasteiger partial charge >= 0.3 is 0 Å². The van der Waals surface area contributed by atoms with Gasteiger partial charge in [-0.05, 0) is 74.7 Å². The van der Waals surface area contributed by atoms with Gasteiger partial charge in [-0.1, -0.05) is 32.1 Å². The van der Waals surface area contributed by atoms with Gasteiger partial charge < -0.3 is 114 Å². The molecule has 10 rings (SSSR count). The van der Waals surface area contributed by atoms with Gasteiger partial charge in [-0.2, -0.15) is 0 Å². The number of ether oxygens (including phenoxy) is 10. The SMILES string of the molecule is C=C1CO[C@@]2(O[C@H]3C[C@H]4[C@@H]5CC=C6C[C@@H](O)C[C@@H](O[C@@H]7OC[C@H](O)[C@H](O[C@@H]8OC[C@@H](O)[C@H](O)[C@H]8O)[C@H]7O[C@@H]7O[C@@H](C)[C@H](O)[C@@H](O)[C@H]7O)[C@]6(C)[C@H]5CC[C@]4(C)[C@H]3[C@@H]2CO)[C@@H](O)[C@H]1O[C@@H]1O[C@H](C)[C@H](O)[C@H](O)[C@H]1O. The van der Waals surface area contributed by atoms with Crippen molar-refractivity contribution in [2.24, 2.45) is 40.4 Å². The third-order valence-corrected chi connectivity index (χ3v) is 18.9. The zero-order valence-electron chi connectivity index (χ0n) is 40.9. The summed E-state index contributed by atoms with van der Waals surface area (Å²) in [6.45, 7) is 10.1. The van der Waals surface area contributed by atoms with Crippen LogP contribution >= 0.6 is 0 Å². The standard InChI is InChI=1S/C49H76O23/c1-17-14-65-49(42(62)39(17)69-44-37(60)34(57)31(54)18(2)66-44)25(13-50)30-28(72-49)12-24-22-7-6-20-10-21(51)11-29(48(20,5)23(22)8-9-47(24,30)4)68-46-41(71-45-38(61)35(58)32(55)19(3)67-45)40(27(53)16-64-46)70-43-36(59)33(56)26(52)15-63-43/h6,18-19,21-46,50-62H,1,7-16H2,2-5H3/t18-,19+,21-,22-,23+,24+,25+,26-,27+,28+,29-,30+,31+,32+,33+,34+,35-,36-,37-,38-,39+,40+,41-,42+,43+,44+,45+,46+,47+,48+,49+/m1/s1. The molecule has 3 saturated carbocycles. The highest BCUT2D eigenvalue weighted by molar-refractivity contribution is 5.29. The lowest BCUT2D eigenvalue weighted by atomic mass is 9.46. The molecule has 10 aliphatic rings. The van der Waals surface area contributed by atoms with E-state index in [0.29, 0.717) is 37.7 Å². The van der Waals surface area contributed by atoms with Crippen LogP contribution in [0.25, 0.3) is 0 Å². The summed E-state index contributed by atoms with van der Waals surface area (Å²) in [6, 6.07) is 0. The van der Waals surface area contributed by atoms with Crippen molar-refractivity contribution in [1.29, 1.82) is 0 Å². The van der Waals surface area contributed by atoms with Crippen LogP contribution in [-0.4, -0.2) is 240 Å². The minimum Gasteiger partial charge on any atom is -0.396 e. The summed E-state index contributed by atoms with van der Waals surface area (Å²) in [5.74, 6) is -2.66. The fourth-order valence-electron chi connectivity index (χ4n) is 14.9. The summed E-state index contributed by atoms with van der Waals surface area (Å²) in [7, 11) is 0. The average molecular weight is 1030 g/mol. The van der Waals surface area contributed by atoms with Crippen LogP contribution in [0.3, 0.4) is 0 Å². The Morgan fingerprint density at radius 2 is 1.29 bits per heavy atom. The van der Waals surface area contributed by atoms with Crippen molar-refractivity contribution in [3.05, 3.63) is 23.8 Å². The quantitative estimate of drug-likeness (QED) is 0.0984. The lowest BCUT2D eigenvalue weighted by molar-refractivity contribution is -0.382. The summed E-state index contributed by atoms with van der Waals surface area (Å²) < 4.78 is 62.1. The summed E-state index contributed by atoms with van der Waals surface area (Å²) >= 11 is 0. The van der Waals surface area contributed by atoms with E-state index in [0.717, 1.165) is 5.57 Å². The van der Waals surface area contributed by atoms with E-state index in [2.05, 4.69) is 26.5 Å². The smallest absolute Gasteiger partial charge is 0.203 e. The predicted octanol–water partition coefficient (Wildman–Crippen LogP) is -3.85. The molecule has 0 bridgehead atoms. The molecule has 1 spiro atoms. The Bertz CT molecular complexity index is 1980. The highest BCUT2D eigenvalue weighted by Gasteiger charge is 2.73. The highest BCUT2D eigenvalue weighted by atomic mass is 16.8. The second-order valence-electron chi connectivity index (χ2n) is 22.8. The Kier molecular flexibility index (Phi) is 15.1. The first-order chi connectivity index (χ1) is 34.0. The summed E-state index contributed by atoms with van der Waals surface area (Å²) in [5, 5.41) is 142. The van der Waals surface area contributed by atoms with Crippen molar-refractivity contribution in [2.75, 3.05) is 26.4 Å². The highest BCUT2D eigenvalue weighted by Crippen LogP contribution is 2.71. The molecule has 6 aliphatic heterocycles. The molecule has 0 aromatic carbocycles. The number of hydrogen-bond donors (Lipinski definition) is 13. The first kappa shape index (κ1) is 53.9. The average Bonchev–Trinajstić information content (AvgIpc) is 3.83. The molecule has 4 aliphatic carbocycles. The fraction of sp³-hybridized carbons (Fsp3) is 0.918. The zero-order valence-corrected chi connectivity index (χ0v) is 40.9. The van der Waals surface area contributed by atoms with Crippen LogP contribution in [0.4, 0.5) is 0 Å². The van der Waals surface area contributed by atoms with Crippen molar-refractivity contribution in [3.8, 4) is 0 Å². The van der Waals surface area contributed by atoms with Crippen molar-refractivity contribution >= 4 is 0 Å². The molecular formula is C49H76O23. The van der Waals surface area contributed by atoms with E-state index in [1.54, 1.807) is 0 Å². The minimum absolute atomic E-state index is 0.0236. The van der Waals surface area contributed by atoms with E-state index >= 15 is 0 Å². The molecule has 13 N–H and O–H groups in total. The van der Waals surface area contributed by atoms with Crippen LogP contribution in [0, 0.1) is 40.4 Å². The first-order valence-electron chi connectivity index (χ1n) is 25.7. The maximum atomic E-state index is 12.2. The van der Waals surface area contributed by atoms with Crippen molar-refractivity contribution in [3.63, 3.8) is 0 Å². The fourth-order valence-corrected chi connectivity index (χ4v) is 14.9. The normalized spacial score (nSPS) is 57.8. The van der Waals surface area contributed by atoms with Crippen LogP contribution in [0.1, 0.15) is 66.2 Å². The van der Waals surface area contributed by atoms with Gasteiger partial charge in [0.2, 0.25) is 5.79 Å². The number of hydrogen-bond acceptors (Lipinski definition) is 23. The molecule has 23 heteroatoms. The van der Waals surface area contributed by atoms with Gasteiger partial charge in [0, 0.05) is 23.7 Å². The minimum atomic E-state index is -1.79. The van der Waals surface area contributed by atoms with E-state index in [1.807, 2.05) is 0 Å². The third-order valence-electron chi connectivity index (χ3n) is 18.9. The lowest BCUT2D eigenvalue weighted by Crippen LogP contribution is -2.65. The largest absolute Gasteiger partial charge is 0.396 e. The van der Waals surface area contributed by atoms with Crippen molar-refractivity contribution < 1.29 is 114 Å². The Balaban J connectivity index is 0.905. The number of aliphatic hydroxyl groups excluding tert-OH is 13. The number of allylic oxidation sites excluding steroid dienone is 1. The van der Waals surface area contributed by atoms with Crippen LogP contribution < -0.4 is 0 Å². The molecule has 0 aromatic rings. The molecule has 0 radical (unpaired) electrons. The second-order valence-corrected chi connectivity index (χ2v) is 22.8. The Morgan fingerprint density at radius 1 is 0.681 bits per heavy atom. The van der Waals surface area contributed by atoms with Crippen molar-refractivity contribution in [1.82, 2.24) is 0 Å². The van der Waals surface area contributed by atoms with Crippen molar-refractivity contribution in [2.45, 2.75) is 213 Å². The van der Waals surface area contributed by atoms with Gasteiger partial charge in [-0.15, -0.1) is 0 Å². The van der Waals surface area contributed by atoms with E-state index in [4.69, 9.17) is 47.4 Å². The van der Waals surface area contributed by atoms with E-state index in [1.165, 1.54) is 13.8 Å². The van der Waals surface area contributed by atoms with Crippen LogP contribution in [0.15, 0.2) is 23.8 Å². The molecule has 23 nitrogen and oxygen atoms in total. The van der Waals surface area contributed by atoms with Gasteiger partial charge in [-0.3, -0.25) is 0 Å². The molecule has 9 fully saturated rings. The maximum Gasteiger partial charge on any atom is 0.203 e. The number of fused-ring (bicyclic) bond motifs is 7. The molecule has 0 amide bonds. The summed E-state index contributed by atoms with van der Waals surface area (Å²) in [5.41, 5.74) is 0.168. The molecular weight excluding hydrogens is 957 g/mol. The summed E-state index contributed by atoms with van der Waals surface area (Å²) in [4.78, 5) is 0. The van der Waals surface area contributed by atoms with Gasteiger partial charge in [0.15, 0.2) is 25.2 Å². The Labute approximate surface area is 416 Å². The van der Waals surface area contributed by atoms with Gasteiger partial charge in [-0.25, -0.2) is 0 Å². The molecule has 410 valence electrons. The second kappa shape index (κ2) is 20.1. The molecule has 31 atom stereocenters. The third kappa shape index (κ3) is 8.62. The zero-order chi connectivity index (χ0) is 51.7. The molecule has 72 heavy (non-hydrogen) atoms. The number of aliphatic hydroxyl groups is 13. The van der Waals surface area contributed by atoms with Crippen LogP contribution in [0.2, 0.25) is 0 Å². The van der Waals surface area contributed by atoms with E-state index in [-0.39, 0.29) is 43.3 Å². The molecule has 6 saturated heterocycles. The Morgan fingerprint density at radius 3 is 1.96 bits per heavy atom. The molecule has 6 heterocycles. The Hall–Kier alpha value is -1.44. The van der Waals surface area contributed by atoms with Gasteiger partial charge in [0.25, 0.3) is 0 Å². The van der Waals surface area contributed by atoms with E-state index in [9.17, 15) is 66.4 Å². The number of rotatable bonds is 9. The van der Waals surface area contributed by atoms with E-state index < -0.39 is 177 Å². The first-order valence-corrected chi connectivity index (χ1v) is 25.7. The monoisotopic (exact) mass is 1030 g/mol. The summed E-state index contributed by atoms with van der Waals surface area (Å²) in [6.07, 6.45) is -26.2. The topological polar surface area (TPSA) is 355 Å². The van der Waals surface area contributed by atoms with Crippen LogP contribution in [-0.2, 0) is 47.4 Å². The van der Waals surface area contributed by atoms with Gasteiger partial charge in [0.1, 0.15) is 85.5 Å². The maximum absolute atomic E-state index is 12.2. The predicted molar refractivity (Wildman–Crippen MR) is 239 cm³/mol. The molecule has 0 aromatic heterocycles. The molecule has 0 unspecified atom stereocenters. The van der Waals surface area contributed by atoms with Gasteiger partial charge in [0.05, 0.1) is 56.9 Å².